The fraction of sp³-hybridized carbons (Fsp3) is 0.625. The summed E-state index contributed by atoms with van der Waals surface area (Å²) in [6, 6.07) is 32.9. The monoisotopic (exact) mass is 1620 g/mol. The molecule has 114 heavy (non-hydrogen) atoms. The van der Waals surface area contributed by atoms with Gasteiger partial charge in [-0.3, -0.25) is 0 Å². The van der Waals surface area contributed by atoms with Crippen LogP contribution in [0.15, 0.2) is 146 Å². The largest absolute Gasteiger partial charge is 0.508 e. The summed E-state index contributed by atoms with van der Waals surface area (Å²) in [5.74, 6) is -11.8. The number of aliphatic hydroxyl groups is 6. The molecular formula is C96H150N6O12. The number of hydrogen-bond donors (Lipinski definition) is 12. The molecule has 6 unspecified atom stereocenters. The summed E-state index contributed by atoms with van der Waals surface area (Å²) in [6.45, 7) is -26.8. The predicted molar refractivity (Wildman–Crippen MR) is 465 cm³/mol. The number of nitrogens with zero attached hydrogens (tertiary/aromatic N) is 6. The third-order valence-electron chi connectivity index (χ3n) is 21.4. The molecule has 6 saturated carbocycles. The number of likely N-dealkylation sites (N-methyl/N-ethyl adjacent to an activating group) is 6. The molecule has 6 fully saturated rings. The van der Waals surface area contributed by atoms with Crippen molar-refractivity contribution in [2.45, 2.75) is 261 Å². The van der Waals surface area contributed by atoms with E-state index in [0.29, 0.717) is 85.1 Å². The van der Waals surface area contributed by atoms with E-state index >= 15 is 0 Å². The van der Waals surface area contributed by atoms with Crippen LogP contribution in [0.3, 0.4) is 0 Å². The molecular weight excluding hydrogens is 1430 g/mol. The zero-order chi connectivity index (χ0) is 117. The van der Waals surface area contributed by atoms with Gasteiger partial charge in [-0.05, 0) is 267 Å². The standard InChI is InChI=1S/6C16H25NO2/c6*1-17(2)12-15(13-6-8-14(18)9-7-13)16(19)10-4-3-5-11-16/h6*6-9,15,18-19H,3-5,10-12H2,1-2H3/i3D2,4D2,5D2,10D2,11D2;1D3,2D3,12D2,15D;1D3,12D2,15D;1D3,2D3,15D;12D2,15D;1D3,15D. The molecule has 6 aliphatic rings. The molecule has 6 aromatic carbocycles. The van der Waals surface area contributed by atoms with Crippen molar-refractivity contribution < 1.29 is 115 Å². The normalized spacial score (nSPS) is 30.1. The Morgan fingerprint density at radius 3 is 0.754 bits per heavy atom. The minimum absolute atomic E-state index is 0.0206. The lowest BCUT2D eigenvalue weighted by atomic mass is 9.72. The number of aromatic hydroxyl groups is 6. The summed E-state index contributed by atoms with van der Waals surface area (Å²) in [4.78, 5) is 4.56. The molecule has 6 aliphatic carbocycles. The molecule has 0 aliphatic heterocycles. The summed E-state index contributed by atoms with van der Waals surface area (Å²) >= 11 is 0. The molecule has 18 nitrogen and oxygen atoms in total. The van der Waals surface area contributed by atoms with E-state index < -0.39 is 169 Å². The van der Waals surface area contributed by atoms with Gasteiger partial charge in [0.15, 0.2) is 0 Å². The van der Waals surface area contributed by atoms with Crippen LogP contribution in [0.5, 0.6) is 34.5 Å². The van der Waals surface area contributed by atoms with E-state index in [0.717, 1.165) is 69.7 Å². The van der Waals surface area contributed by atoms with Crippen LogP contribution < -0.4 is 0 Å². The summed E-state index contributed by atoms with van der Waals surface area (Å²) in [5.41, 5.74) is -9.95. The molecule has 0 spiro atoms. The fourth-order valence-electron chi connectivity index (χ4n) is 15.5. The van der Waals surface area contributed by atoms with E-state index in [-0.39, 0.29) is 113 Å². The van der Waals surface area contributed by atoms with Crippen LogP contribution in [-0.2, 0) is 0 Å². The molecule has 6 atom stereocenters. The molecule has 0 saturated heterocycles. The van der Waals surface area contributed by atoms with Gasteiger partial charge in [-0.1, -0.05) is 188 Å². The number of benzene rings is 6. The van der Waals surface area contributed by atoms with E-state index in [1.807, 2.05) is 0 Å². The zero-order valence-electron chi connectivity index (χ0n) is 106. The first-order valence-electron chi connectivity index (χ1n) is 58.7. The maximum Gasteiger partial charge on any atom is 0.115 e. The quantitative estimate of drug-likeness (QED) is 0.0269. The van der Waals surface area contributed by atoms with E-state index in [1.54, 1.807) is 40.3 Å². The van der Waals surface area contributed by atoms with Gasteiger partial charge < -0.3 is 90.7 Å². The fourth-order valence-corrected chi connectivity index (χ4v) is 15.5. The second-order valence-corrected chi connectivity index (χ2v) is 31.1. The molecule has 0 aromatic heterocycles. The van der Waals surface area contributed by atoms with Gasteiger partial charge in [-0.15, -0.1) is 0 Å². The van der Waals surface area contributed by atoms with Gasteiger partial charge in [-0.2, -0.15) is 0 Å². The van der Waals surface area contributed by atoms with Crippen molar-refractivity contribution in [2.75, 3.05) is 123 Å². The van der Waals surface area contributed by atoms with Crippen molar-refractivity contribution in [3.8, 4) is 34.5 Å². The van der Waals surface area contributed by atoms with Crippen LogP contribution >= 0.6 is 0 Å². The Bertz CT molecular complexity index is 5330. The van der Waals surface area contributed by atoms with Gasteiger partial charge in [0.25, 0.3) is 0 Å². The first-order chi connectivity index (χ1) is 69.3. The van der Waals surface area contributed by atoms with E-state index in [1.165, 1.54) is 150 Å². The van der Waals surface area contributed by atoms with Crippen molar-refractivity contribution in [2.24, 2.45) is 0 Å². The first kappa shape index (κ1) is 52.5. The number of phenols is 6. The average Bonchev–Trinajstić information content (AvgIpc) is 0.652. The zero-order valence-corrected chi connectivity index (χ0v) is 66.8. The minimum atomic E-state index is -3.59. The highest BCUT2D eigenvalue weighted by atomic mass is 16.3. The highest BCUT2D eigenvalue weighted by Crippen LogP contribution is 2.47. The van der Waals surface area contributed by atoms with Gasteiger partial charge in [0, 0.05) is 128 Å². The summed E-state index contributed by atoms with van der Waals surface area (Å²) in [5, 5.41) is 125. The highest BCUT2D eigenvalue weighted by Gasteiger charge is 2.45. The van der Waals surface area contributed by atoms with E-state index in [2.05, 4.69) is 0 Å². The van der Waals surface area contributed by atoms with Crippen molar-refractivity contribution in [1.82, 2.24) is 29.4 Å². The summed E-state index contributed by atoms with van der Waals surface area (Å²) in [6.07, 6.45) is -3.58. The Labute approximate surface area is 740 Å². The molecule has 0 heterocycles. The van der Waals surface area contributed by atoms with Crippen LogP contribution in [0.1, 0.15) is 315 Å². The Kier molecular flexibility index (Phi) is 21.0. The van der Waals surface area contributed by atoms with Gasteiger partial charge in [0.2, 0.25) is 0 Å². The van der Waals surface area contributed by atoms with Crippen molar-refractivity contribution >= 4 is 0 Å². The topological polar surface area (TPSA) is 262 Å². The molecule has 12 rings (SSSR count). The second-order valence-electron chi connectivity index (χ2n) is 31.1. The molecule has 18 heteroatoms. The SMILES string of the molecule is [2H]C([2H])(N(C)C)C([2H])(c1ccc(O)cc1)C1(O)CCCCC1.[2H]C([2H])([2H])N(C([2H])([2H])[2H])C([2H])([2H])C([2H])(c1ccc(O)cc1)C1(O)CCCCC1.[2H]C([2H])([2H])N(C)C([2H])([2H])C([2H])(c1ccc(O)cc1)C1(O)CCCCC1.[2H]C([2H])([2H])N(C)CC([2H])(c1ccc(O)cc1)C1(O)CCCCC1.[2H]C([2H])([2H])N(CC([2H])(c1ccc(O)cc1)C1(O)CCCCC1)C([2H])([2H])[2H].[2H]C1([2H])C([2H])([2H])C([2H])([2H])C(O)(C(CN(C)C)c2ccc(O)cc2)C([2H])([2H])C1([2H])[2H]. The smallest absolute Gasteiger partial charge is 0.115 e. The van der Waals surface area contributed by atoms with Gasteiger partial charge in [0.1, 0.15) is 34.5 Å². The lowest BCUT2D eigenvalue weighted by Crippen LogP contribution is -2.42. The molecule has 0 radical (unpaired) electrons. The van der Waals surface area contributed by atoms with Gasteiger partial charge >= 0.3 is 0 Å². The molecule has 6 aromatic rings. The van der Waals surface area contributed by atoms with Crippen molar-refractivity contribution in [3.05, 3.63) is 179 Å². The number of phenolic OH excluding ortho intramolecular Hbond substituents is 6. The maximum atomic E-state index is 11.6. The Hall–Kier alpha value is -6.36. The molecule has 0 bridgehead atoms. The molecule has 12 N–H and O–H groups in total. The van der Waals surface area contributed by atoms with Crippen LogP contribution in [0.25, 0.3) is 0 Å². The predicted octanol–water partition coefficient (Wildman–Crippen LogP) is 16.4. The van der Waals surface area contributed by atoms with Crippen molar-refractivity contribution in [3.63, 3.8) is 0 Å². The van der Waals surface area contributed by atoms with Gasteiger partial charge in [-0.25, -0.2) is 0 Å². The highest BCUT2D eigenvalue weighted by molar-refractivity contribution is 5.36. The van der Waals surface area contributed by atoms with Crippen LogP contribution in [0.2, 0.25) is 0 Å². The van der Waals surface area contributed by atoms with E-state index in [4.69, 9.17) is 53.5 Å². The lowest BCUT2D eigenvalue weighted by molar-refractivity contribution is -0.0280. The Balaban J connectivity index is 0.000000248. The summed E-state index contributed by atoms with van der Waals surface area (Å²) < 4.78 is 314. The Morgan fingerprint density at radius 1 is 0.272 bits per heavy atom. The number of hydrogen-bond acceptors (Lipinski definition) is 18. The van der Waals surface area contributed by atoms with Gasteiger partial charge in [0.05, 0.1) is 33.6 Å². The first-order valence-corrected chi connectivity index (χ1v) is 39.2. The van der Waals surface area contributed by atoms with Crippen LogP contribution in [0, 0.1) is 0 Å². The maximum absolute atomic E-state index is 11.6. The lowest BCUT2D eigenvalue weighted by Gasteiger charge is -2.40. The third kappa shape index (κ3) is 29.6. The molecule has 0 amide bonds. The van der Waals surface area contributed by atoms with Crippen LogP contribution in [-0.4, -0.2) is 248 Å². The third-order valence-corrected chi connectivity index (χ3v) is 21.4. The number of rotatable bonds is 24. The second kappa shape index (κ2) is 45.5. The van der Waals surface area contributed by atoms with Crippen molar-refractivity contribution in [1.29, 1.82) is 0 Å². The van der Waals surface area contributed by atoms with E-state index in [9.17, 15) is 61.3 Å². The minimum Gasteiger partial charge on any atom is -0.508 e. The summed E-state index contributed by atoms with van der Waals surface area (Å²) in [7, 11) is 8.83. The average molecular weight is 1620 g/mol. The Morgan fingerprint density at radius 2 is 0.500 bits per heavy atom. The van der Waals surface area contributed by atoms with Crippen LogP contribution in [0.4, 0.5) is 0 Å². The molecule has 636 valence electrons.